The summed E-state index contributed by atoms with van der Waals surface area (Å²) in [6, 6.07) is -0.574. The maximum atomic E-state index is 12.1. The van der Waals surface area contributed by atoms with Crippen molar-refractivity contribution in [3.05, 3.63) is 0 Å². The lowest BCUT2D eigenvalue weighted by molar-refractivity contribution is -0.149. The molecule has 0 aliphatic carbocycles. The number of likely N-dealkylation sites (N-methyl/N-ethyl adjacent to an activating group) is 1. The van der Waals surface area contributed by atoms with Gasteiger partial charge in [0, 0.05) is 7.05 Å². The number of carbonyl (C=O) groups excluding carboxylic acids is 2. The Kier molecular flexibility index (Phi) is 11.6. The van der Waals surface area contributed by atoms with Gasteiger partial charge in [0.25, 0.3) is 0 Å². The zero-order valence-corrected chi connectivity index (χ0v) is 14.9. The van der Waals surface area contributed by atoms with Crippen molar-refractivity contribution in [3.8, 4) is 0 Å². The van der Waals surface area contributed by atoms with Crippen molar-refractivity contribution in [1.82, 2.24) is 4.90 Å². The number of esters is 1. The predicted octanol–water partition coefficient (Wildman–Crippen LogP) is 4.00. The first kappa shape index (κ1) is 20.7. The van der Waals surface area contributed by atoms with E-state index >= 15 is 0 Å². The molecule has 0 saturated carbocycles. The molecule has 0 aliphatic rings. The minimum atomic E-state index is -0.574. The van der Waals surface area contributed by atoms with Crippen LogP contribution >= 0.6 is 0 Å². The first-order valence-corrected chi connectivity index (χ1v) is 8.50. The molecule has 0 fully saturated rings. The lowest BCUT2D eigenvalue weighted by Crippen LogP contribution is -2.44. The monoisotopic (exact) mass is 315 g/mol. The van der Waals surface area contributed by atoms with Gasteiger partial charge in [-0.15, -0.1) is 0 Å². The Labute approximate surface area is 135 Å². The molecule has 0 saturated heterocycles. The van der Waals surface area contributed by atoms with E-state index in [-0.39, 0.29) is 5.97 Å². The molecule has 5 heteroatoms. The summed E-state index contributed by atoms with van der Waals surface area (Å²) < 4.78 is 10.4. The van der Waals surface area contributed by atoms with Crippen LogP contribution in [0.2, 0.25) is 0 Å². The highest BCUT2D eigenvalue weighted by Crippen LogP contribution is 2.14. The summed E-state index contributed by atoms with van der Waals surface area (Å²) in [6.07, 6.45) is 5.11. The summed E-state index contributed by atoms with van der Waals surface area (Å²) in [5, 5.41) is 0. The first-order valence-electron chi connectivity index (χ1n) is 8.50. The van der Waals surface area contributed by atoms with E-state index in [1.54, 1.807) is 7.05 Å². The number of nitrogens with zero attached hydrogens (tertiary/aromatic N) is 1. The zero-order valence-electron chi connectivity index (χ0n) is 14.9. The lowest BCUT2D eigenvalue weighted by atomic mass is 10.0. The highest BCUT2D eigenvalue weighted by atomic mass is 16.6. The molecule has 0 rings (SSSR count). The number of rotatable bonds is 11. The third-order valence-corrected chi connectivity index (χ3v) is 3.39. The molecule has 0 spiro atoms. The van der Waals surface area contributed by atoms with Gasteiger partial charge in [-0.05, 0) is 25.2 Å². The summed E-state index contributed by atoms with van der Waals surface area (Å²) in [4.78, 5) is 25.6. The standard InChI is InChI=1S/C17H33NO4/c1-6-8-9-10-12-22-17(20)18(5)15(13-14(3)4)16(19)21-11-7-2/h14-15H,6-13H2,1-5H3/t15-/m0/s1. The average molecular weight is 315 g/mol. The average Bonchev–Trinajstić information content (AvgIpc) is 2.48. The maximum Gasteiger partial charge on any atom is 0.410 e. The number of hydrogen-bond acceptors (Lipinski definition) is 4. The van der Waals surface area contributed by atoms with Crippen molar-refractivity contribution in [2.24, 2.45) is 5.92 Å². The van der Waals surface area contributed by atoms with E-state index in [9.17, 15) is 9.59 Å². The largest absolute Gasteiger partial charge is 0.464 e. The van der Waals surface area contributed by atoms with E-state index in [1.807, 2.05) is 20.8 Å². The highest BCUT2D eigenvalue weighted by Gasteiger charge is 2.29. The third-order valence-electron chi connectivity index (χ3n) is 3.39. The minimum absolute atomic E-state index is 0.291. The Morgan fingerprint density at radius 1 is 0.955 bits per heavy atom. The molecule has 0 radical (unpaired) electrons. The summed E-state index contributed by atoms with van der Waals surface area (Å²) in [5.41, 5.74) is 0. The van der Waals surface area contributed by atoms with E-state index < -0.39 is 12.1 Å². The Morgan fingerprint density at radius 3 is 2.18 bits per heavy atom. The quantitative estimate of drug-likeness (QED) is 0.427. The molecule has 22 heavy (non-hydrogen) atoms. The van der Waals surface area contributed by atoms with Crippen LogP contribution in [0.25, 0.3) is 0 Å². The second-order valence-electron chi connectivity index (χ2n) is 6.10. The van der Waals surface area contributed by atoms with Crippen molar-refractivity contribution in [2.75, 3.05) is 20.3 Å². The van der Waals surface area contributed by atoms with Gasteiger partial charge in [-0.2, -0.15) is 0 Å². The van der Waals surface area contributed by atoms with Crippen molar-refractivity contribution in [2.45, 2.75) is 72.3 Å². The molecule has 0 aromatic rings. The minimum Gasteiger partial charge on any atom is -0.464 e. The summed E-state index contributed by atoms with van der Waals surface area (Å²) in [7, 11) is 1.61. The van der Waals surface area contributed by atoms with Crippen LogP contribution in [-0.4, -0.2) is 43.3 Å². The fraction of sp³-hybridized carbons (Fsp3) is 0.882. The van der Waals surface area contributed by atoms with Crippen LogP contribution in [0.3, 0.4) is 0 Å². The van der Waals surface area contributed by atoms with E-state index in [0.29, 0.717) is 25.6 Å². The van der Waals surface area contributed by atoms with Gasteiger partial charge in [-0.3, -0.25) is 4.90 Å². The Bertz CT molecular complexity index is 318. The van der Waals surface area contributed by atoms with Crippen LogP contribution < -0.4 is 0 Å². The molecule has 0 aromatic carbocycles. The van der Waals surface area contributed by atoms with Crippen LogP contribution in [0.15, 0.2) is 0 Å². The van der Waals surface area contributed by atoms with E-state index in [4.69, 9.17) is 9.47 Å². The number of amides is 1. The Balaban J connectivity index is 4.43. The number of carbonyl (C=O) groups is 2. The first-order chi connectivity index (χ1) is 10.4. The molecule has 0 bridgehead atoms. The molecular formula is C17H33NO4. The van der Waals surface area contributed by atoms with Gasteiger partial charge in [0.15, 0.2) is 0 Å². The third kappa shape index (κ3) is 8.90. The van der Waals surface area contributed by atoms with Crippen molar-refractivity contribution in [3.63, 3.8) is 0 Å². The molecule has 5 nitrogen and oxygen atoms in total. The van der Waals surface area contributed by atoms with Gasteiger partial charge in [-0.1, -0.05) is 47.0 Å². The van der Waals surface area contributed by atoms with E-state index in [1.165, 1.54) is 4.90 Å². The summed E-state index contributed by atoms with van der Waals surface area (Å²) >= 11 is 0. The molecule has 1 atom stereocenters. The zero-order chi connectivity index (χ0) is 17.0. The van der Waals surface area contributed by atoms with Crippen LogP contribution in [0, 0.1) is 5.92 Å². The maximum absolute atomic E-state index is 12.1. The lowest BCUT2D eigenvalue weighted by Gasteiger charge is -2.27. The molecule has 0 unspecified atom stereocenters. The normalized spacial score (nSPS) is 12.1. The topological polar surface area (TPSA) is 55.8 Å². The van der Waals surface area contributed by atoms with Crippen LogP contribution in [-0.2, 0) is 14.3 Å². The SMILES string of the molecule is CCCCCCOC(=O)N(C)[C@@H](CC(C)C)C(=O)OCCC. The predicted molar refractivity (Wildman–Crippen MR) is 87.7 cm³/mol. The summed E-state index contributed by atoms with van der Waals surface area (Å²) in [6.45, 7) is 8.90. The summed E-state index contributed by atoms with van der Waals surface area (Å²) in [5.74, 6) is -0.0556. The van der Waals surface area contributed by atoms with Gasteiger partial charge in [0.2, 0.25) is 0 Å². The molecule has 0 N–H and O–H groups in total. The van der Waals surface area contributed by atoms with Crippen molar-refractivity contribution < 1.29 is 19.1 Å². The fourth-order valence-electron chi connectivity index (χ4n) is 2.08. The molecule has 0 aliphatic heterocycles. The fourth-order valence-corrected chi connectivity index (χ4v) is 2.08. The van der Waals surface area contributed by atoms with Gasteiger partial charge in [0.05, 0.1) is 13.2 Å². The molecule has 0 aromatic heterocycles. The Hall–Kier alpha value is -1.26. The molecule has 130 valence electrons. The van der Waals surface area contributed by atoms with Gasteiger partial charge in [-0.25, -0.2) is 9.59 Å². The molecule has 0 heterocycles. The van der Waals surface area contributed by atoms with Gasteiger partial charge in [0.1, 0.15) is 6.04 Å². The van der Waals surface area contributed by atoms with Crippen molar-refractivity contribution >= 4 is 12.1 Å². The van der Waals surface area contributed by atoms with Gasteiger partial charge >= 0.3 is 12.1 Å². The van der Waals surface area contributed by atoms with Crippen LogP contribution in [0.4, 0.5) is 4.79 Å². The second kappa shape index (κ2) is 12.3. The van der Waals surface area contributed by atoms with Gasteiger partial charge < -0.3 is 9.47 Å². The highest BCUT2D eigenvalue weighted by molar-refractivity contribution is 5.81. The van der Waals surface area contributed by atoms with Crippen molar-refractivity contribution in [1.29, 1.82) is 0 Å². The molecular weight excluding hydrogens is 282 g/mol. The van der Waals surface area contributed by atoms with Crippen LogP contribution in [0.1, 0.15) is 66.2 Å². The van der Waals surface area contributed by atoms with E-state index in [0.717, 1.165) is 32.1 Å². The number of hydrogen-bond donors (Lipinski definition) is 0. The number of ether oxygens (including phenoxy) is 2. The molecule has 1 amide bonds. The second-order valence-corrected chi connectivity index (χ2v) is 6.10. The number of unbranched alkanes of at least 4 members (excludes halogenated alkanes) is 3. The van der Waals surface area contributed by atoms with Crippen LogP contribution in [0.5, 0.6) is 0 Å². The van der Waals surface area contributed by atoms with E-state index in [2.05, 4.69) is 6.92 Å². The Morgan fingerprint density at radius 2 is 1.64 bits per heavy atom. The smallest absolute Gasteiger partial charge is 0.410 e.